The van der Waals surface area contributed by atoms with Crippen LogP contribution >= 0.6 is 0 Å². The van der Waals surface area contributed by atoms with Crippen molar-refractivity contribution in [2.45, 2.75) is 40.0 Å². The highest BCUT2D eigenvalue weighted by atomic mass is 15.3. The van der Waals surface area contributed by atoms with E-state index in [0.29, 0.717) is 0 Å². The van der Waals surface area contributed by atoms with Gasteiger partial charge in [0.05, 0.1) is 0 Å². The molecule has 2 aromatic rings. The molecule has 0 radical (unpaired) electrons. The van der Waals surface area contributed by atoms with Crippen molar-refractivity contribution in [3.8, 4) is 0 Å². The first kappa shape index (κ1) is 16.3. The average Bonchev–Trinajstić information content (AvgIpc) is 2.53. The van der Waals surface area contributed by atoms with Crippen LogP contribution in [-0.4, -0.2) is 23.1 Å². The van der Waals surface area contributed by atoms with Gasteiger partial charge in [0.25, 0.3) is 0 Å². The SMILES string of the molecule is CCCCCNc1ccnc(N(CC)c2cccc(C)c2)n1. The molecule has 4 nitrogen and oxygen atoms in total. The topological polar surface area (TPSA) is 41.1 Å². The first-order valence-electron chi connectivity index (χ1n) is 8.15. The second-order valence-corrected chi connectivity index (χ2v) is 5.46. The highest BCUT2D eigenvalue weighted by Crippen LogP contribution is 2.23. The lowest BCUT2D eigenvalue weighted by Crippen LogP contribution is -2.19. The Hall–Kier alpha value is -2.10. The van der Waals surface area contributed by atoms with Gasteiger partial charge in [-0.2, -0.15) is 4.98 Å². The Morgan fingerprint density at radius 3 is 2.73 bits per heavy atom. The van der Waals surface area contributed by atoms with Gasteiger partial charge in [0, 0.05) is 25.0 Å². The van der Waals surface area contributed by atoms with Gasteiger partial charge in [-0.3, -0.25) is 0 Å². The van der Waals surface area contributed by atoms with Gasteiger partial charge in [-0.25, -0.2) is 4.98 Å². The number of nitrogens with one attached hydrogen (secondary N) is 1. The zero-order valence-electron chi connectivity index (χ0n) is 13.8. The Bertz CT molecular complexity index is 583. The van der Waals surface area contributed by atoms with Gasteiger partial charge in [-0.05, 0) is 44.0 Å². The van der Waals surface area contributed by atoms with E-state index in [0.717, 1.165) is 30.5 Å². The van der Waals surface area contributed by atoms with Crippen LogP contribution in [-0.2, 0) is 0 Å². The maximum Gasteiger partial charge on any atom is 0.231 e. The summed E-state index contributed by atoms with van der Waals surface area (Å²) in [7, 11) is 0. The standard InChI is InChI=1S/C18H26N4/c1-4-6-7-12-19-17-11-13-20-18(21-17)22(5-2)16-10-8-9-15(3)14-16/h8-11,13-14H,4-7,12H2,1-3H3,(H,19,20,21). The smallest absolute Gasteiger partial charge is 0.231 e. The Balaban J connectivity index is 2.12. The summed E-state index contributed by atoms with van der Waals surface area (Å²) in [5.74, 6) is 1.64. The van der Waals surface area contributed by atoms with E-state index in [1.54, 1.807) is 0 Å². The number of aryl methyl sites for hydroxylation is 1. The van der Waals surface area contributed by atoms with Crippen LogP contribution in [0.5, 0.6) is 0 Å². The predicted molar refractivity (Wildman–Crippen MR) is 93.9 cm³/mol. The van der Waals surface area contributed by atoms with Crippen LogP contribution in [0.25, 0.3) is 0 Å². The fraction of sp³-hybridized carbons (Fsp3) is 0.444. The molecule has 0 spiro atoms. The number of nitrogens with zero attached hydrogens (tertiary/aromatic N) is 3. The number of hydrogen-bond acceptors (Lipinski definition) is 4. The molecule has 0 aliphatic rings. The number of rotatable bonds is 8. The third kappa shape index (κ3) is 4.45. The van der Waals surface area contributed by atoms with Crippen molar-refractivity contribution in [1.82, 2.24) is 9.97 Å². The van der Waals surface area contributed by atoms with Crippen molar-refractivity contribution < 1.29 is 0 Å². The number of benzene rings is 1. The van der Waals surface area contributed by atoms with Gasteiger partial charge >= 0.3 is 0 Å². The third-order valence-electron chi connectivity index (χ3n) is 3.60. The van der Waals surface area contributed by atoms with Crippen LogP contribution in [0.3, 0.4) is 0 Å². The van der Waals surface area contributed by atoms with Crippen LogP contribution in [0, 0.1) is 6.92 Å². The molecule has 0 aliphatic carbocycles. The van der Waals surface area contributed by atoms with Crippen LogP contribution in [0.2, 0.25) is 0 Å². The molecule has 118 valence electrons. The van der Waals surface area contributed by atoms with Gasteiger partial charge in [0.2, 0.25) is 5.95 Å². The minimum absolute atomic E-state index is 0.744. The molecule has 0 aliphatic heterocycles. The van der Waals surface area contributed by atoms with Crippen molar-refractivity contribution in [2.24, 2.45) is 0 Å². The lowest BCUT2D eigenvalue weighted by Gasteiger charge is -2.21. The molecule has 0 saturated carbocycles. The van der Waals surface area contributed by atoms with Gasteiger partial charge in [-0.1, -0.05) is 31.9 Å². The second kappa shape index (κ2) is 8.37. The minimum Gasteiger partial charge on any atom is -0.370 e. The predicted octanol–water partition coefficient (Wildman–Crippen LogP) is 4.55. The molecule has 22 heavy (non-hydrogen) atoms. The number of aromatic nitrogens is 2. The van der Waals surface area contributed by atoms with Gasteiger partial charge < -0.3 is 10.2 Å². The molecule has 1 N–H and O–H groups in total. The maximum atomic E-state index is 4.65. The Morgan fingerprint density at radius 1 is 1.14 bits per heavy atom. The summed E-state index contributed by atoms with van der Waals surface area (Å²) >= 11 is 0. The molecule has 0 unspecified atom stereocenters. The van der Waals surface area contributed by atoms with Crippen molar-refractivity contribution in [3.05, 3.63) is 42.1 Å². The molecule has 0 bridgehead atoms. The monoisotopic (exact) mass is 298 g/mol. The van der Waals surface area contributed by atoms with Crippen LogP contribution in [0.1, 0.15) is 38.7 Å². The molecule has 0 atom stereocenters. The van der Waals surface area contributed by atoms with Gasteiger partial charge in [-0.15, -0.1) is 0 Å². The van der Waals surface area contributed by atoms with Gasteiger partial charge in [0.15, 0.2) is 0 Å². The zero-order chi connectivity index (χ0) is 15.8. The highest BCUT2D eigenvalue weighted by molar-refractivity contribution is 5.59. The van der Waals surface area contributed by atoms with E-state index in [4.69, 9.17) is 0 Å². The highest BCUT2D eigenvalue weighted by Gasteiger charge is 2.10. The summed E-state index contributed by atoms with van der Waals surface area (Å²) in [6, 6.07) is 10.4. The normalized spacial score (nSPS) is 10.5. The largest absolute Gasteiger partial charge is 0.370 e. The molecule has 2 rings (SSSR count). The van der Waals surface area contributed by atoms with E-state index in [1.165, 1.54) is 24.8 Å². The van der Waals surface area contributed by atoms with E-state index in [2.05, 4.69) is 65.2 Å². The number of anilines is 3. The Kier molecular flexibility index (Phi) is 6.19. The van der Waals surface area contributed by atoms with E-state index < -0.39 is 0 Å². The Labute approximate surface area is 133 Å². The first-order valence-corrected chi connectivity index (χ1v) is 8.15. The molecule has 1 aromatic carbocycles. The Morgan fingerprint density at radius 2 is 2.00 bits per heavy atom. The molecular formula is C18H26N4. The van der Waals surface area contributed by atoms with Crippen LogP contribution in [0.15, 0.2) is 36.5 Å². The summed E-state index contributed by atoms with van der Waals surface area (Å²) in [4.78, 5) is 11.2. The van der Waals surface area contributed by atoms with E-state index in [1.807, 2.05) is 12.3 Å². The number of hydrogen-bond donors (Lipinski definition) is 1. The summed E-state index contributed by atoms with van der Waals surface area (Å²) in [5.41, 5.74) is 2.37. The van der Waals surface area contributed by atoms with E-state index in [9.17, 15) is 0 Å². The third-order valence-corrected chi connectivity index (χ3v) is 3.60. The molecule has 1 aromatic heterocycles. The lowest BCUT2D eigenvalue weighted by atomic mass is 10.2. The van der Waals surface area contributed by atoms with Crippen LogP contribution < -0.4 is 10.2 Å². The molecule has 1 heterocycles. The van der Waals surface area contributed by atoms with Crippen molar-refractivity contribution in [1.29, 1.82) is 0 Å². The second-order valence-electron chi connectivity index (χ2n) is 5.46. The lowest BCUT2D eigenvalue weighted by molar-refractivity contribution is 0.742. The van der Waals surface area contributed by atoms with Gasteiger partial charge in [0.1, 0.15) is 5.82 Å². The van der Waals surface area contributed by atoms with Crippen molar-refractivity contribution in [3.63, 3.8) is 0 Å². The van der Waals surface area contributed by atoms with Crippen molar-refractivity contribution >= 4 is 17.5 Å². The summed E-state index contributed by atoms with van der Waals surface area (Å²) in [6.07, 6.45) is 5.47. The van der Waals surface area contributed by atoms with Crippen molar-refractivity contribution in [2.75, 3.05) is 23.3 Å². The summed E-state index contributed by atoms with van der Waals surface area (Å²) in [6.45, 7) is 8.23. The average molecular weight is 298 g/mol. The number of unbranched alkanes of at least 4 members (excludes halogenated alkanes) is 2. The fourth-order valence-corrected chi connectivity index (χ4v) is 2.40. The summed E-state index contributed by atoms with van der Waals surface area (Å²) < 4.78 is 0. The van der Waals surface area contributed by atoms with Crippen LogP contribution in [0.4, 0.5) is 17.5 Å². The fourth-order valence-electron chi connectivity index (χ4n) is 2.40. The van der Waals surface area contributed by atoms with E-state index in [-0.39, 0.29) is 0 Å². The molecular weight excluding hydrogens is 272 g/mol. The molecule has 0 amide bonds. The molecule has 0 saturated heterocycles. The molecule has 0 fully saturated rings. The van der Waals surface area contributed by atoms with E-state index >= 15 is 0 Å². The minimum atomic E-state index is 0.744. The molecule has 4 heteroatoms. The first-order chi connectivity index (χ1) is 10.7. The zero-order valence-corrected chi connectivity index (χ0v) is 13.8. The quantitative estimate of drug-likeness (QED) is 0.726. The summed E-state index contributed by atoms with van der Waals surface area (Å²) in [5, 5.41) is 3.38. The maximum absolute atomic E-state index is 4.65.